The molecule has 0 radical (unpaired) electrons. The number of nitrogens with zero attached hydrogens (tertiary/aromatic N) is 1. The van der Waals surface area contributed by atoms with E-state index in [1.807, 2.05) is 19.1 Å². The van der Waals surface area contributed by atoms with Crippen molar-refractivity contribution in [2.24, 2.45) is 0 Å². The Bertz CT molecular complexity index is 253. The molecular formula is C8H10N2. The average Bonchev–Trinajstić information content (AvgIpc) is 1.88. The second kappa shape index (κ2) is 2.60. The van der Waals surface area contributed by atoms with E-state index in [2.05, 4.69) is 4.98 Å². The van der Waals surface area contributed by atoms with Crippen LogP contribution in [0.1, 0.15) is 18.2 Å². The number of aryl methyl sites for hydroxylation is 1. The average molecular weight is 134 g/mol. The van der Waals surface area contributed by atoms with Gasteiger partial charge in [-0.15, -0.1) is 0 Å². The van der Waals surface area contributed by atoms with E-state index in [1.165, 1.54) is 0 Å². The van der Waals surface area contributed by atoms with Gasteiger partial charge in [-0.3, -0.25) is 4.98 Å². The largest absolute Gasteiger partial charge is 0.303 e. The molecule has 0 aliphatic heterocycles. The lowest BCUT2D eigenvalue weighted by Gasteiger charge is -1.96. The summed E-state index contributed by atoms with van der Waals surface area (Å²) in [6.45, 7) is 3.73. The fraction of sp³-hybridized carbons (Fsp3) is 0.250. The molecule has 0 bridgehead atoms. The number of pyridine rings is 1. The lowest BCUT2D eigenvalue weighted by Crippen LogP contribution is -1.95. The third-order valence-electron chi connectivity index (χ3n) is 1.30. The summed E-state index contributed by atoms with van der Waals surface area (Å²) in [5.41, 5.74) is 2.43. The molecule has 0 unspecified atom stereocenters. The highest BCUT2D eigenvalue weighted by molar-refractivity contribution is 5.94. The Morgan fingerprint density at radius 2 is 2.30 bits per heavy atom. The summed E-state index contributed by atoms with van der Waals surface area (Å²) in [7, 11) is 0. The molecule has 10 heavy (non-hydrogen) atoms. The van der Waals surface area contributed by atoms with Crippen molar-refractivity contribution in [3.05, 3.63) is 29.6 Å². The summed E-state index contributed by atoms with van der Waals surface area (Å²) in [4.78, 5) is 4.01. The summed E-state index contributed by atoms with van der Waals surface area (Å²) in [6.07, 6.45) is 1.72. The molecule has 1 N–H and O–H groups in total. The first-order chi connectivity index (χ1) is 4.70. The van der Waals surface area contributed by atoms with Gasteiger partial charge in [0.25, 0.3) is 0 Å². The van der Waals surface area contributed by atoms with Crippen molar-refractivity contribution >= 4 is 5.71 Å². The van der Waals surface area contributed by atoms with Crippen LogP contribution in [0.25, 0.3) is 0 Å². The summed E-state index contributed by atoms with van der Waals surface area (Å²) in [5, 5.41) is 7.27. The van der Waals surface area contributed by atoms with Gasteiger partial charge in [-0.05, 0) is 31.5 Å². The third-order valence-corrected chi connectivity index (χ3v) is 1.30. The highest BCUT2D eigenvalue weighted by atomic mass is 14.7. The third kappa shape index (κ3) is 1.41. The molecule has 0 aliphatic carbocycles. The lowest BCUT2D eigenvalue weighted by atomic mass is 10.2. The molecule has 0 atom stereocenters. The first kappa shape index (κ1) is 6.93. The Kier molecular flexibility index (Phi) is 1.81. The van der Waals surface area contributed by atoms with Gasteiger partial charge in [0.2, 0.25) is 0 Å². The van der Waals surface area contributed by atoms with Crippen molar-refractivity contribution in [2.75, 3.05) is 0 Å². The number of hydrogen-bond donors (Lipinski definition) is 1. The van der Waals surface area contributed by atoms with Crippen LogP contribution in [0, 0.1) is 12.3 Å². The van der Waals surface area contributed by atoms with Crippen LogP contribution in [-0.2, 0) is 0 Å². The van der Waals surface area contributed by atoms with Gasteiger partial charge in [0.1, 0.15) is 0 Å². The van der Waals surface area contributed by atoms with Gasteiger partial charge in [-0.1, -0.05) is 0 Å². The van der Waals surface area contributed by atoms with Crippen LogP contribution in [0.4, 0.5) is 0 Å². The molecule has 1 rings (SSSR count). The van der Waals surface area contributed by atoms with E-state index in [-0.39, 0.29) is 0 Å². The predicted octanol–water partition coefficient (Wildman–Crippen LogP) is 1.78. The highest BCUT2D eigenvalue weighted by Crippen LogP contribution is 1.99. The van der Waals surface area contributed by atoms with Crippen LogP contribution in [-0.4, -0.2) is 10.7 Å². The molecule has 0 saturated carbocycles. The molecule has 2 heteroatoms. The van der Waals surface area contributed by atoms with E-state index in [0.717, 1.165) is 11.3 Å². The fourth-order valence-corrected chi connectivity index (χ4v) is 0.741. The number of rotatable bonds is 1. The Morgan fingerprint density at radius 1 is 1.60 bits per heavy atom. The van der Waals surface area contributed by atoms with Crippen LogP contribution in [0.5, 0.6) is 0 Å². The maximum Gasteiger partial charge on any atom is 0.0836 e. The van der Waals surface area contributed by atoms with E-state index in [9.17, 15) is 0 Å². The molecule has 0 aliphatic rings. The molecular weight excluding hydrogens is 124 g/mol. The molecule has 1 aromatic rings. The Labute approximate surface area is 60.4 Å². The maximum atomic E-state index is 7.27. The smallest absolute Gasteiger partial charge is 0.0836 e. The Hall–Kier alpha value is -1.18. The molecule has 1 aromatic heterocycles. The second-order valence-electron chi connectivity index (χ2n) is 2.34. The van der Waals surface area contributed by atoms with Crippen LogP contribution in [0.2, 0.25) is 0 Å². The molecule has 0 fully saturated rings. The van der Waals surface area contributed by atoms with Crippen molar-refractivity contribution < 1.29 is 0 Å². The normalized spacial score (nSPS) is 9.40. The summed E-state index contributed by atoms with van der Waals surface area (Å²) >= 11 is 0. The summed E-state index contributed by atoms with van der Waals surface area (Å²) in [6, 6.07) is 3.83. The van der Waals surface area contributed by atoms with Gasteiger partial charge < -0.3 is 5.41 Å². The van der Waals surface area contributed by atoms with E-state index >= 15 is 0 Å². The molecule has 0 aromatic carbocycles. The Morgan fingerprint density at radius 3 is 2.70 bits per heavy atom. The second-order valence-corrected chi connectivity index (χ2v) is 2.34. The zero-order chi connectivity index (χ0) is 7.56. The molecule has 0 spiro atoms. The molecule has 0 saturated heterocycles. The minimum atomic E-state index is 0.517. The minimum Gasteiger partial charge on any atom is -0.303 e. The van der Waals surface area contributed by atoms with E-state index in [4.69, 9.17) is 5.41 Å². The summed E-state index contributed by atoms with van der Waals surface area (Å²) in [5.74, 6) is 0. The van der Waals surface area contributed by atoms with Gasteiger partial charge in [-0.2, -0.15) is 0 Å². The summed E-state index contributed by atoms with van der Waals surface area (Å²) < 4.78 is 0. The van der Waals surface area contributed by atoms with Crippen LogP contribution in [0.15, 0.2) is 18.3 Å². The SMILES string of the molecule is CC(=N)c1cc(C)ccn1. The fourth-order valence-electron chi connectivity index (χ4n) is 0.741. The van der Waals surface area contributed by atoms with E-state index < -0.39 is 0 Å². The van der Waals surface area contributed by atoms with Crippen molar-refractivity contribution in [1.82, 2.24) is 4.98 Å². The van der Waals surface area contributed by atoms with E-state index in [1.54, 1.807) is 13.1 Å². The van der Waals surface area contributed by atoms with Gasteiger partial charge in [-0.25, -0.2) is 0 Å². The quantitative estimate of drug-likeness (QED) is 0.584. The van der Waals surface area contributed by atoms with Crippen LogP contribution in [0.3, 0.4) is 0 Å². The number of nitrogens with one attached hydrogen (secondary N) is 1. The highest BCUT2D eigenvalue weighted by Gasteiger charge is 1.94. The lowest BCUT2D eigenvalue weighted by molar-refractivity contribution is 1.24. The monoisotopic (exact) mass is 134 g/mol. The van der Waals surface area contributed by atoms with Gasteiger partial charge >= 0.3 is 0 Å². The van der Waals surface area contributed by atoms with Crippen molar-refractivity contribution in [1.29, 1.82) is 5.41 Å². The predicted molar refractivity (Wildman–Crippen MR) is 41.5 cm³/mol. The zero-order valence-corrected chi connectivity index (χ0v) is 6.18. The maximum absolute atomic E-state index is 7.27. The Balaban J connectivity index is 3.07. The first-order valence-corrected chi connectivity index (χ1v) is 3.18. The standard InChI is InChI=1S/C8H10N2/c1-6-3-4-10-8(5-6)7(2)9/h3-5,9H,1-2H3. The molecule has 1 heterocycles. The van der Waals surface area contributed by atoms with Crippen LogP contribution >= 0.6 is 0 Å². The molecule has 2 nitrogen and oxygen atoms in total. The topological polar surface area (TPSA) is 36.7 Å². The van der Waals surface area contributed by atoms with Gasteiger partial charge in [0.15, 0.2) is 0 Å². The molecule has 52 valence electrons. The number of hydrogen-bond acceptors (Lipinski definition) is 2. The number of aromatic nitrogens is 1. The molecule has 0 amide bonds. The van der Waals surface area contributed by atoms with Crippen molar-refractivity contribution in [3.63, 3.8) is 0 Å². The van der Waals surface area contributed by atoms with E-state index in [0.29, 0.717) is 5.71 Å². The van der Waals surface area contributed by atoms with Crippen LogP contribution < -0.4 is 0 Å². The van der Waals surface area contributed by atoms with Gasteiger partial charge in [0, 0.05) is 6.20 Å². The zero-order valence-electron chi connectivity index (χ0n) is 6.18. The minimum absolute atomic E-state index is 0.517. The van der Waals surface area contributed by atoms with Gasteiger partial charge in [0.05, 0.1) is 11.4 Å². The van der Waals surface area contributed by atoms with Crippen molar-refractivity contribution in [3.8, 4) is 0 Å². The first-order valence-electron chi connectivity index (χ1n) is 3.18. The van der Waals surface area contributed by atoms with Crippen molar-refractivity contribution in [2.45, 2.75) is 13.8 Å².